The molecule has 2 nitrogen and oxygen atoms in total. The second kappa shape index (κ2) is 7.57. The Balaban J connectivity index is 1.73. The van der Waals surface area contributed by atoms with Crippen molar-refractivity contribution < 1.29 is 27.5 Å². The minimum Gasteiger partial charge on any atom is -0.478 e. The van der Waals surface area contributed by atoms with Gasteiger partial charge in [0.05, 0.1) is 11.1 Å². The normalized spacial score (nSPS) is 11.7. The van der Waals surface area contributed by atoms with Crippen molar-refractivity contribution >= 4 is 27.4 Å². The number of carboxylic acid groups (broad SMARTS) is 1. The van der Waals surface area contributed by atoms with Crippen LogP contribution in [-0.2, 0) is 12.6 Å². The summed E-state index contributed by atoms with van der Waals surface area (Å²) in [6.07, 6.45) is -4.06. The van der Waals surface area contributed by atoms with Crippen LogP contribution in [-0.4, -0.2) is 11.1 Å². The zero-order chi connectivity index (χ0) is 21.5. The van der Waals surface area contributed by atoms with E-state index in [-0.39, 0.29) is 0 Å². The Labute approximate surface area is 173 Å². The molecule has 0 spiro atoms. The monoisotopic (exact) mass is 430 g/mol. The number of halogens is 4. The van der Waals surface area contributed by atoms with E-state index in [4.69, 9.17) is 0 Å². The molecule has 0 aliphatic rings. The van der Waals surface area contributed by atoms with E-state index in [9.17, 15) is 27.5 Å². The van der Waals surface area contributed by atoms with Crippen molar-refractivity contribution in [1.29, 1.82) is 0 Å². The second-order valence-electron chi connectivity index (χ2n) is 6.81. The number of alkyl halides is 3. The van der Waals surface area contributed by atoms with Crippen LogP contribution in [0.2, 0.25) is 0 Å². The number of benzene rings is 3. The predicted octanol–water partition coefficient (Wildman–Crippen LogP) is 7.02. The van der Waals surface area contributed by atoms with E-state index in [1.807, 2.05) is 24.3 Å². The number of thiophene rings is 1. The fraction of sp³-hybridized carbons (Fsp3) is 0.0870. The summed E-state index contributed by atoms with van der Waals surface area (Å²) in [5, 5.41) is 10.1. The van der Waals surface area contributed by atoms with Gasteiger partial charge in [0.15, 0.2) is 0 Å². The summed E-state index contributed by atoms with van der Waals surface area (Å²) in [6, 6.07) is 16.6. The van der Waals surface area contributed by atoms with E-state index < -0.39 is 29.1 Å². The molecular formula is C23H14F4O2S. The number of hydrogen-bond acceptors (Lipinski definition) is 2. The van der Waals surface area contributed by atoms with Gasteiger partial charge in [-0.2, -0.15) is 13.2 Å². The van der Waals surface area contributed by atoms with E-state index in [1.54, 1.807) is 6.07 Å². The highest BCUT2D eigenvalue weighted by Crippen LogP contribution is 2.37. The molecule has 0 aliphatic heterocycles. The molecule has 1 N–H and O–H groups in total. The van der Waals surface area contributed by atoms with Gasteiger partial charge in [-0.3, -0.25) is 0 Å². The molecule has 4 rings (SSSR count). The van der Waals surface area contributed by atoms with Crippen LogP contribution in [0.3, 0.4) is 0 Å². The number of carboxylic acids is 1. The molecule has 152 valence electrons. The molecule has 0 aliphatic carbocycles. The molecule has 0 amide bonds. The molecule has 30 heavy (non-hydrogen) atoms. The van der Waals surface area contributed by atoms with Crippen molar-refractivity contribution in [2.24, 2.45) is 0 Å². The van der Waals surface area contributed by atoms with Gasteiger partial charge in [-0.05, 0) is 46.3 Å². The fourth-order valence-corrected chi connectivity index (χ4v) is 4.57. The summed E-state index contributed by atoms with van der Waals surface area (Å²) in [5.74, 6) is -2.16. The molecule has 0 saturated heterocycles. The third kappa shape index (κ3) is 3.93. The first kappa shape index (κ1) is 20.1. The summed E-state index contributed by atoms with van der Waals surface area (Å²) in [6.45, 7) is 0. The number of hydrogen-bond donors (Lipinski definition) is 1. The molecule has 7 heteroatoms. The zero-order valence-corrected chi connectivity index (χ0v) is 16.2. The zero-order valence-electron chi connectivity index (χ0n) is 15.3. The summed E-state index contributed by atoms with van der Waals surface area (Å²) in [7, 11) is 0. The first-order valence-electron chi connectivity index (χ1n) is 8.93. The van der Waals surface area contributed by atoms with Crippen molar-refractivity contribution in [1.82, 2.24) is 0 Å². The molecule has 1 aromatic heterocycles. The SMILES string of the molecule is O=C(O)c1cc(-c2cccc3cc(Cc4cccc(C(F)(F)F)c4)sc23)ccc1F. The van der Waals surface area contributed by atoms with E-state index in [0.717, 1.165) is 38.7 Å². The Morgan fingerprint density at radius 2 is 1.73 bits per heavy atom. The molecule has 0 saturated carbocycles. The summed E-state index contributed by atoms with van der Waals surface area (Å²) in [4.78, 5) is 12.1. The molecule has 0 radical (unpaired) electrons. The Hall–Kier alpha value is -3.19. The molecule has 0 unspecified atom stereocenters. The average molecular weight is 430 g/mol. The summed E-state index contributed by atoms with van der Waals surface area (Å²) >= 11 is 1.42. The van der Waals surface area contributed by atoms with Crippen LogP contribution in [0.15, 0.2) is 66.7 Å². The van der Waals surface area contributed by atoms with Gasteiger partial charge in [0.1, 0.15) is 5.82 Å². The third-order valence-corrected chi connectivity index (χ3v) is 5.92. The average Bonchev–Trinajstić information content (AvgIpc) is 3.10. The van der Waals surface area contributed by atoms with Gasteiger partial charge in [0, 0.05) is 16.0 Å². The summed E-state index contributed by atoms with van der Waals surface area (Å²) in [5.41, 5.74) is 0.759. The van der Waals surface area contributed by atoms with Crippen LogP contribution in [0.4, 0.5) is 17.6 Å². The van der Waals surface area contributed by atoms with Crippen molar-refractivity contribution in [3.8, 4) is 11.1 Å². The van der Waals surface area contributed by atoms with Crippen LogP contribution in [0.25, 0.3) is 21.2 Å². The topological polar surface area (TPSA) is 37.3 Å². The Bertz CT molecular complexity index is 1260. The van der Waals surface area contributed by atoms with Gasteiger partial charge < -0.3 is 5.11 Å². The van der Waals surface area contributed by atoms with Gasteiger partial charge in [0.2, 0.25) is 0 Å². The third-order valence-electron chi connectivity index (χ3n) is 4.74. The lowest BCUT2D eigenvalue weighted by Crippen LogP contribution is -2.05. The van der Waals surface area contributed by atoms with Crippen molar-refractivity contribution in [3.05, 3.63) is 94.1 Å². The maximum Gasteiger partial charge on any atom is 0.416 e. The van der Waals surface area contributed by atoms with Gasteiger partial charge in [-0.25, -0.2) is 9.18 Å². The van der Waals surface area contributed by atoms with Crippen molar-refractivity contribution in [3.63, 3.8) is 0 Å². The number of aromatic carboxylic acids is 1. The Morgan fingerprint density at radius 3 is 2.47 bits per heavy atom. The Morgan fingerprint density at radius 1 is 0.967 bits per heavy atom. The van der Waals surface area contributed by atoms with Crippen LogP contribution >= 0.6 is 11.3 Å². The lowest BCUT2D eigenvalue weighted by molar-refractivity contribution is -0.137. The van der Waals surface area contributed by atoms with Crippen LogP contribution in [0.1, 0.15) is 26.4 Å². The van der Waals surface area contributed by atoms with E-state index in [2.05, 4.69) is 0 Å². The van der Waals surface area contributed by atoms with E-state index in [1.165, 1.54) is 29.5 Å². The summed E-state index contributed by atoms with van der Waals surface area (Å²) < 4.78 is 53.5. The van der Waals surface area contributed by atoms with Crippen LogP contribution in [0, 0.1) is 5.82 Å². The fourth-order valence-electron chi connectivity index (χ4n) is 3.35. The highest BCUT2D eigenvalue weighted by Gasteiger charge is 2.30. The lowest BCUT2D eigenvalue weighted by atomic mass is 10.0. The van der Waals surface area contributed by atoms with E-state index >= 15 is 0 Å². The highest BCUT2D eigenvalue weighted by molar-refractivity contribution is 7.19. The number of carbonyl (C=O) groups is 1. The van der Waals surface area contributed by atoms with Crippen LogP contribution < -0.4 is 0 Å². The number of fused-ring (bicyclic) bond motifs is 1. The van der Waals surface area contributed by atoms with Crippen LogP contribution in [0.5, 0.6) is 0 Å². The molecule has 0 bridgehead atoms. The van der Waals surface area contributed by atoms with Gasteiger partial charge >= 0.3 is 12.1 Å². The molecule has 3 aromatic carbocycles. The largest absolute Gasteiger partial charge is 0.478 e. The first-order valence-corrected chi connectivity index (χ1v) is 9.75. The smallest absolute Gasteiger partial charge is 0.416 e. The van der Waals surface area contributed by atoms with Gasteiger partial charge in [-0.1, -0.05) is 42.5 Å². The quantitative estimate of drug-likeness (QED) is 0.354. The Kier molecular flexibility index (Phi) is 5.07. The van der Waals surface area contributed by atoms with E-state index in [0.29, 0.717) is 17.5 Å². The molecule has 0 fully saturated rings. The standard InChI is InChI=1S/C23H14F4O2S/c24-20-8-7-14(12-19(20)22(28)29)18-6-2-4-15-11-17(30-21(15)18)10-13-3-1-5-16(9-13)23(25,26)27/h1-9,11-12H,10H2,(H,28,29). The molecule has 1 heterocycles. The van der Waals surface area contributed by atoms with Gasteiger partial charge in [0.25, 0.3) is 0 Å². The van der Waals surface area contributed by atoms with Crippen molar-refractivity contribution in [2.45, 2.75) is 12.6 Å². The lowest BCUT2D eigenvalue weighted by Gasteiger charge is -2.08. The maximum absolute atomic E-state index is 13.8. The second-order valence-corrected chi connectivity index (χ2v) is 7.95. The molecule has 0 atom stereocenters. The minimum atomic E-state index is -4.40. The molecular weight excluding hydrogens is 416 g/mol. The first-order chi connectivity index (χ1) is 14.2. The molecule has 4 aromatic rings. The number of rotatable bonds is 4. The maximum atomic E-state index is 13.8. The van der Waals surface area contributed by atoms with Gasteiger partial charge in [-0.15, -0.1) is 11.3 Å². The minimum absolute atomic E-state index is 0.340. The highest BCUT2D eigenvalue weighted by atomic mass is 32.1. The van der Waals surface area contributed by atoms with Crippen molar-refractivity contribution in [2.75, 3.05) is 0 Å². The predicted molar refractivity (Wildman–Crippen MR) is 108 cm³/mol.